The third-order valence-electron chi connectivity index (χ3n) is 3.73. The average Bonchev–Trinajstić information content (AvgIpc) is 3.13. The number of methoxy groups -OCH3 is 1. The molecule has 0 aliphatic carbocycles. The maximum atomic E-state index is 10.7. The second-order valence-electron chi connectivity index (χ2n) is 5.66. The first kappa shape index (κ1) is 17.5. The number of ether oxygens (including phenoxy) is 2. The molecule has 0 saturated heterocycles. The van der Waals surface area contributed by atoms with Crippen LogP contribution in [0.15, 0.2) is 53.1 Å². The minimum absolute atomic E-state index is 0.0231. The Morgan fingerprint density at radius 2 is 1.77 bits per heavy atom. The summed E-state index contributed by atoms with van der Waals surface area (Å²) < 4.78 is 16.2. The summed E-state index contributed by atoms with van der Waals surface area (Å²) in [4.78, 5) is 15.1. The van der Waals surface area contributed by atoms with Crippen LogP contribution in [0.5, 0.6) is 11.5 Å². The summed E-state index contributed by atoms with van der Waals surface area (Å²) in [7, 11) is 1.61. The second-order valence-corrected chi connectivity index (χ2v) is 5.66. The van der Waals surface area contributed by atoms with Gasteiger partial charge in [0.2, 0.25) is 5.82 Å². The fourth-order valence-corrected chi connectivity index (χ4v) is 2.37. The van der Waals surface area contributed by atoms with Crippen molar-refractivity contribution >= 4 is 5.97 Å². The van der Waals surface area contributed by atoms with Crippen LogP contribution in [0.3, 0.4) is 0 Å². The molecule has 134 valence electrons. The number of benzene rings is 2. The Hall–Kier alpha value is -3.35. The molecule has 0 fully saturated rings. The first-order valence-corrected chi connectivity index (χ1v) is 8.00. The summed E-state index contributed by atoms with van der Waals surface area (Å²) in [5, 5.41) is 12.8. The summed E-state index contributed by atoms with van der Waals surface area (Å²) in [5.74, 6) is 1.29. The highest BCUT2D eigenvalue weighted by atomic mass is 16.5. The van der Waals surface area contributed by atoms with Gasteiger partial charge in [0.15, 0.2) is 6.10 Å². The van der Waals surface area contributed by atoms with Gasteiger partial charge in [0.25, 0.3) is 5.89 Å². The maximum Gasteiger partial charge on any atom is 0.307 e. The molecule has 0 aliphatic heterocycles. The maximum absolute atomic E-state index is 10.7. The van der Waals surface area contributed by atoms with E-state index < -0.39 is 12.1 Å². The molecule has 0 amide bonds. The zero-order valence-electron chi connectivity index (χ0n) is 14.4. The summed E-state index contributed by atoms with van der Waals surface area (Å²) >= 11 is 0. The van der Waals surface area contributed by atoms with E-state index in [4.69, 9.17) is 19.1 Å². The van der Waals surface area contributed by atoms with Crippen LogP contribution in [0.1, 0.15) is 24.5 Å². The molecule has 0 radical (unpaired) electrons. The number of aromatic nitrogens is 2. The Morgan fingerprint density at radius 3 is 2.38 bits per heavy atom. The average molecular weight is 354 g/mol. The highest BCUT2D eigenvalue weighted by Gasteiger charge is 2.17. The van der Waals surface area contributed by atoms with Gasteiger partial charge in [-0.3, -0.25) is 4.79 Å². The van der Waals surface area contributed by atoms with Gasteiger partial charge in [-0.1, -0.05) is 17.3 Å². The van der Waals surface area contributed by atoms with Gasteiger partial charge in [-0.15, -0.1) is 0 Å². The van der Waals surface area contributed by atoms with Crippen molar-refractivity contribution in [3.63, 3.8) is 0 Å². The third kappa shape index (κ3) is 4.18. The summed E-state index contributed by atoms with van der Waals surface area (Å²) in [5.41, 5.74) is 1.52. The van der Waals surface area contributed by atoms with E-state index in [1.165, 1.54) is 0 Å². The molecular formula is C19H18N2O5. The Kier molecular flexibility index (Phi) is 5.17. The summed E-state index contributed by atoms with van der Waals surface area (Å²) in [6, 6.07) is 14.2. The number of rotatable bonds is 7. The monoisotopic (exact) mass is 354 g/mol. The number of carboxylic acids is 1. The molecule has 0 spiro atoms. The SMILES string of the molecule is COc1ccc(-c2noc([C@@H](C)Oc3ccc(CC(=O)O)cc3)n2)cc1. The van der Waals surface area contributed by atoms with E-state index in [1.54, 1.807) is 38.3 Å². The Bertz CT molecular complexity index is 872. The van der Waals surface area contributed by atoms with E-state index in [9.17, 15) is 4.79 Å². The van der Waals surface area contributed by atoms with Gasteiger partial charge in [-0.25, -0.2) is 0 Å². The van der Waals surface area contributed by atoms with Crippen molar-refractivity contribution in [2.75, 3.05) is 7.11 Å². The number of aliphatic carboxylic acids is 1. The van der Waals surface area contributed by atoms with Crippen molar-refractivity contribution in [1.82, 2.24) is 10.1 Å². The van der Waals surface area contributed by atoms with Crippen LogP contribution >= 0.6 is 0 Å². The molecule has 26 heavy (non-hydrogen) atoms. The quantitative estimate of drug-likeness (QED) is 0.693. The van der Waals surface area contributed by atoms with Gasteiger partial charge in [0, 0.05) is 5.56 Å². The van der Waals surface area contributed by atoms with Crippen LogP contribution in [0.4, 0.5) is 0 Å². The third-order valence-corrected chi connectivity index (χ3v) is 3.73. The smallest absolute Gasteiger partial charge is 0.307 e. The van der Waals surface area contributed by atoms with Crippen LogP contribution in [-0.4, -0.2) is 28.3 Å². The van der Waals surface area contributed by atoms with Crippen LogP contribution in [0.25, 0.3) is 11.4 Å². The van der Waals surface area contributed by atoms with Gasteiger partial charge in [-0.2, -0.15) is 4.98 Å². The lowest BCUT2D eigenvalue weighted by molar-refractivity contribution is -0.136. The van der Waals surface area contributed by atoms with Crippen molar-refractivity contribution < 1.29 is 23.9 Å². The lowest BCUT2D eigenvalue weighted by Gasteiger charge is -2.10. The predicted molar refractivity (Wildman–Crippen MR) is 93.1 cm³/mol. The first-order chi connectivity index (χ1) is 12.5. The first-order valence-electron chi connectivity index (χ1n) is 8.00. The summed E-state index contributed by atoms with van der Waals surface area (Å²) in [6.07, 6.45) is -0.468. The number of nitrogens with zero attached hydrogens (tertiary/aromatic N) is 2. The van der Waals surface area contributed by atoms with Gasteiger partial charge in [-0.05, 0) is 48.9 Å². The topological polar surface area (TPSA) is 94.7 Å². The fraction of sp³-hybridized carbons (Fsp3) is 0.211. The zero-order chi connectivity index (χ0) is 18.5. The number of hydrogen-bond acceptors (Lipinski definition) is 6. The van der Waals surface area contributed by atoms with Crippen LogP contribution in [0, 0.1) is 0 Å². The molecule has 0 unspecified atom stereocenters. The van der Waals surface area contributed by atoms with Crippen LogP contribution in [0.2, 0.25) is 0 Å². The molecule has 0 bridgehead atoms. The molecule has 0 saturated carbocycles. The van der Waals surface area contributed by atoms with Gasteiger partial charge >= 0.3 is 5.97 Å². The van der Waals surface area contributed by atoms with Crippen molar-refractivity contribution in [1.29, 1.82) is 0 Å². The van der Waals surface area contributed by atoms with Gasteiger partial charge in [0.05, 0.1) is 13.5 Å². The largest absolute Gasteiger partial charge is 0.497 e. The minimum atomic E-state index is -0.871. The Morgan fingerprint density at radius 1 is 1.12 bits per heavy atom. The summed E-state index contributed by atoms with van der Waals surface area (Å²) in [6.45, 7) is 1.80. The van der Waals surface area contributed by atoms with Crippen molar-refractivity contribution in [3.05, 3.63) is 60.0 Å². The van der Waals surface area contributed by atoms with E-state index in [0.717, 1.165) is 11.3 Å². The van der Waals surface area contributed by atoms with Gasteiger partial charge < -0.3 is 19.1 Å². The van der Waals surface area contributed by atoms with Crippen molar-refractivity contribution in [3.8, 4) is 22.9 Å². The van der Waals surface area contributed by atoms with E-state index >= 15 is 0 Å². The fourth-order valence-electron chi connectivity index (χ4n) is 2.37. The minimum Gasteiger partial charge on any atom is -0.497 e. The number of carboxylic acid groups (broad SMARTS) is 1. The molecule has 1 N–H and O–H groups in total. The van der Waals surface area contributed by atoms with E-state index in [-0.39, 0.29) is 6.42 Å². The molecule has 3 aromatic rings. The molecule has 7 nitrogen and oxygen atoms in total. The second kappa shape index (κ2) is 7.69. The van der Waals surface area contributed by atoms with E-state index in [1.807, 2.05) is 24.3 Å². The molecule has 1 heterocycles. The molecule has 7 heteroatoms. The van der Waals surface area contributed by atoms with E-state index in [2.05, 4.69) is 10.1 Å². The molecule has 2 aromatic carbocycles. The lowest BCUT2D eigenvalue weighted by atomic mass is 10.1. The predicted octanol–water partition coefficient (Wildman–Crippen LogP) is 3.51. The highest BCUT2D eigenvalue weighted by molar-refractivity contribution is 5.70. The molecule has 1 atom stereocenters. The van der Waals surface area contributed by atoms with E-state index in [0.29, 0.717) is 23.0 Å². The molecular weight excluding hydrogens is 336 g/mol. The van der Waals surface area contributed by atoms with Crippen LogP contribution in [-0.2, 0) is 11.2 Å². The number of hydrogen-bond donors (Lipinski definition) is 1. The van der Waals surface area contributed by atoms with Crippen molar-refractivity contribution in [2.45, 2.75) is 19.4 Å². The highest BCUT2D eigenvalue weighted by Crippen LogP contribution is 2.24. The standard InChI is InChI=1S/C19H18N2O5/c1-12(25-16-7-3-13(4-8-16)11-17(22)23)19-20-18(21-26-19)14-5-9-15(24-2)10-6-14/h3-10,12H,11H2,1-2H3,(H,22,23)/t12-/m1/s1. The molecule has 1 aromatic heterocycles. The van der Waals surface area contributed by atoms with Crippen LogP contribution < -0.4 is 9.47 Å². The lowest BCUT2D eigenvalue weighted by Crippen LogP contribution is -2.04. The van der Waals surface area contributed by atoms with Gasteiger partial charge in [0.1, 0.15) is 11.5 Å². The Labute approximate surface area is 150 Å². The Balaban J connectivity index is 1.67. The van der Waals surface area contributed by atoms with Crippen molar-refractivity contribution in [2.24, 2.45) is 0 Å². The zero-order valence-corrected chi connectivity index (χ0v) is 14.4. The number of carbonyl (C=O) groups is 1. The molecule has 0 aliphatic rings. The molecule has 3 rings (SSSR count). The normalized spacial score (nSPS) is 11.8.